The number of carbonyl (C=O) groups is 3. The molecule has 0 radical (unpaired) electrons. The van der Waals surface area contributed by atoms with Crippen molar-refractivity contribution < 1.29 is 78.6 Å². The Morgan fingerprint density at radius 3 is 2.05 bits per heavy atom. The maximum atomic E-state index is 13.8. The topological polar surface area (TPSA) is 253 Å². The zero-order valence-corrected chi connectivity index (χ0v) is 30.3. The Bertz CT molecular complexity index is 2100. The summed E-state index contributed by atoms with van der Waals surface area (Å²) < 4.78 is 36.7. The summed E-state index contributed by atoms with van der Waals surface area (Å²) in [6, 6.07) is 23.4. The molecule has 7 rings (SSSR count). The number of aliphatic hydroxyl groups is 7. The van der Waals surface area contributed by atoms with Gasteiger partial charge in [0.25, 0.3) is 5.91 Å². The van der Waals surface area contributed by atoms with Gasteiger partial charge in [-0.1, -0.05) is 54.6 Å². The van der Waals surface area contributed by atoms with Gasteiger partial charge in [0, 0.05) is 16.8 Å². The Kier molecular flexibility index (Phi) is 12.0. The van der Waals surface area contributed by atoms with Gasteiger partial charge in [0.05, 0.1) is 6.61 Å². The van der Waals surface area contributed by atoms with Gasteiger partial charge in [0.1, 0.15) is 73.0 Å². The molecule has 17 heteroatoms. The zero-order chi connectivity index (χ0) is 41.4. The first-order valence-electron chi connectivity index (χ1n) is 18.2. The number of rotatable bonds is 12. The highest BCUT2D eigenvalue weighted by molar-refractivity contribution is 6.06. The van der Waals surface area contributed by atoms with E-state index in [0.29, 0.717) is 22.4 Å². The summed E-state index contributed by atoms with van der Waals surface area (Å²) in [6.45, 7) is -1.17. The Morgan fingerprint density at radius 1 is 0.741 bits per heavy atom. The Morgan fingerprint density at radius 2 is 1.40 bits per heavy atom. The summed E-state index contributed by atoms with van der Waals surface area (Å²) in [6.07, 6.45) is -18.0. The number of aliphatic hydroxyl groups excluding tert-OH is 7. The normalized spacial score (nSPS) is 31.0. The standard InChI is InChI=1S/C41H40FNO15/c42-23-13-10-20(11-14-23)26(45)18-55-37-29(43(39(37)52)24-4-2-1-3-5-24)25-15-12-22(16-27(25)57-41-35(51)32(48)34(50)38(58-41)40(53)54)19-6-8-21(9-7-19)36-33(49)31(47)30(46)28(17-44)56-36/h1-16,28-38,41,44,46-51H,17-18H2,(H,53,54)/t28-,29-,30-,31+,32+,33-,34?,35?,36?,37-,38?,41-/m1/s1. The second kappa shape index (κ2) is 17.0. The number of β-lactam (4-membered cyclic amide) rings is 1. The van der Waals surface area contributed by atoms with Crippen molar-refractivity contribution in [3.05, 3.63) is 120 Å². The fraction of sp³-hybridized carbons (Fsp3) is 0.341. The van der Waals surface area contributed by atoms with Gasteiger partial charge in [-0.3, -0.25) is 14.5 Å². The Hall–Kier alpha value is -5.18. The molecule has 3 saturated heterocycles. The monoisotopic (exact) mass is 805 g/mol. The van der Waals surface area contributed by atoms with Gasteiger partial charge < -0.3 is 59.8 Å². The van der Waals surface area contributed by atoms with E-state index in [9.17, 15) is 59.6 Å². The fourth-order valence-corrected chi connectivity index (χ4v) is 7.27. The van der Waals surface area contributed by atoms with Crippen LogP contribution in [0.25, 0.3) is 11.1 Å². The lowest BCUT2D eigenvalue weighted by Gasteiger charge is -2.47. The van der Waals surface area contributed by atoms with Gasteiger partial charge in [0.2, 0.25) is 6.29 Å². The fourth-order valence-electron chi connectivity index (χ4n) is 7.27. The van der Waals surface area contributed by atoms with Crippen molar-refractivity contribution in [2.75, 3.05) is 18.1 Å². The summed E-state index contributed by atoms with van der Waals surface area (Å²) >= 11 is 0. The predicted molar refractivity (Wildman–Crippen MR) is 197 cm³/mol. The molecule has 3 fully saturated rings. The van der Waals surface area contributed by atoms with Crippen LogP contribution in [0.1, 0.15) is 33.6 Å². The first-order valence-corrected chi connectivity index (χ1v) is 18.2. The average molecular weight is 806 g/mol. The van der Waals surface area contributed by atoms with Crippen LogP contribution in [0.5, 0.6) is 5.75 Å². The highest BCUT2D eigenvalue weighted by Crippen LogP contribution is 2.46. The molecule has 306 valence electrons. The van der Waals surface area contributed by atoms with Gasteiger partial charge in [-0.25, -0.2) is 9.18 Å². The number of hydrogen-bond acceptors (Lipinski definition) is 14. The molecule has 58 heavy (non-hydrogen) atoms. The molecular formula is C41H40FNO15. The van der Waals surface area contributed by atoms with Gasteiger partial charge in [-0.2, -0.15) is 0 Å². The summed E-state index contributed by atoms with van der Waals surface area (Å²) in [5, 5.41) is 82.3. The number of halogens is 1. The lowest BCUT2D eigenvalue weighted by Crippen LogP contribution is -2.62. The van der Waals surface area contributed by atoms with Crippen molar-refractivity contribution in [1.29, 1.82) is 0 Å². The zero-order valence-electron chi connectivity index (χ0n) is 30.3. The van der Waals surface area contributed by atoms with Gasteiger partial charge in [0.15, 0.2) is 18.0 Å². The number of amides is 1. The van der Waals surface area contributed by atoms with Gasteiger partial charge in [-0.15, -0.1) is 0 Å². The quantitative estimate of drug-likeness (QED) is 0.0723. The molecule has 0 aliphatic carbocycles. The van der Waals surface area contributed by atoms with Crippen LogP contribution in [-0.2, 0) is 23.8 Å². The molecular weight excluding hydrogens is 765 g/mol. The highest BCUT2D eigenvalue weighted by atomic mass is 19.1. The average Bonchev–Trinajstić information content (AvgIpc) is 3.23. The SMILES string of the molecule is O=C(CO[C@H]1C(=O)N(c2ccccc2)[C@@H]1c1ccc(-c2ccc(C3O[C@H](CO)[C@@H](O)[C@H](O)[C@H]3O)cc2)cc1O[C@@H]1OC(C(=O)O)C(O)[C@H](O)C1O)c1ccc(F)cc1. The van der Waals surface area contributed by atoms with E-state index in [2.05, 4.69) is 0 Å². The Balaban J connectivity index is 1.25. The predicted octanol–water partition coefficient (Wildman–Crippen LogP) is 0.635. The number of aliphatic carboxylic acids is 1. The minimum absolute atomic E-state index is 0.0795. The van der Waals surface area contributed by atoms with Crippen LogP contribution in [-0.4, -0.2) is 133 Å². The molecule has 12 atom stereocenters. The third-order valence-corrected chi connectivity index (χ3v) is 10.5. The molecule has 0 spiro atoms. The van der Waals surface area contributed by atoms with Crippen LogP contribution in [0.2, 0.25) is 0 Å². The Labute approximate surface area is 329 Å². The lowest BCUT2D eigenvalue weighted by molar-refractivity contribution is -0.271. The van der Waals surface area contributed by atoms with Crippen molar-refractivity contribution in [3.63, 3.8) is 0 Å². The molecule has 0 bridgehead atoms. The second-order valence-corrected chi connectivity index (χ2v) is 14.1. The van der Waals surface area contributed by atoms with E-state index in [1.54, 1.807) is 66.7 Å². The number of carbonyl (C=O) groups excluding carboxylic acids is 2. The molecule has 4 aromatic carbocycles. The number of Topliss-reactive ketones (excluding diaryl/α,β-unsaturated/α-hetero) is 1. The maximum absolute atomic E-state index is 13.8. The summed E-state index contributed by atoms with van der Waals surface area (Å²) in [4.78, 5) is 40.1. The molecule has 3 heterocycles. The number of anilines is 1. The molecule has 16 nitrogen and oxygen atoms in total. The van der Waals surface area contributed by atoms with E-state index < -0.39 is 110 Å². The van der Waals surface area contributed by atoms with E-state index in [1.165, 1.54) is 23.1 Å². The largest absolute Gasteiger partial charge is 0.479 e. The number of benzene rings is 4. The number of carboxylic acids is 1. The molecule has 4 unspecified atom stereocenters. The van der Waals surface area contributed by atoms with E-state index in [-0.39, 0.29) is 16.9 Å². The van der Waals surface area contributed by atoms with Crippen molar-refractivity contribution >= 4 is 23.3 Å². The lowest BCUT2D eigenvalue weighted by atomic mass is 9.87. The molecule has 4 aromatic rings. The number of ether oxygens (including phenoxy) is 4. The minimum atomic E-state index is -2.00. The minimum Gasteiger partial charge on any atom is -0.479 e. The first-order chi connectivity index (χ1) is 27.8. The van der Waals surface area contributed by atoms with Crippen LogP contribution in [0, 0.1) is 5.82 Å². The number of nitrogens with zero attached hydrogens (tertiary/aromatic N) is 1. The van der Waals surface area contributed by atoms with Crippen molar-refractivity contribution in [1.82, 2.24) is 0 Å². The highest BCUT2D eigenvalue weighted by Gasteiger charge is 2.53. The van der Waals surface area contributed by atoms with Crippen molar-refractivity contribution in [2.45, 2.75) is 73.4 Å². The molecule has 3 aliphatic rings. The van der Waals surface area contributed by atoms with Gasteiger partial charge >= 0.3 is 5.97 Å². The van der Waals surface area contributed by atoms with Crippen LogP contribution < -0.4 is 9.64 Å². The van der Waals surface area contributed by atoms with Crippen LogP contribution in [0.3, 0.4) is 0 Å². The molecule has 0 aromatic heterocycles. The van der Waals surface area contributed by atoms with Crippen molar-refractivity contribution in [2.24, 2.45) is 0 Å². The van der Waals surface area contributed by atoms with Crippen molar-refractivity contribution in [3.8, 4) is 16.9 Å². The summed E-state index contributed by atoms with van der Waals surface area (Å²) in [5.41, 5.74) is 2.23. The third kappa shape index (κ3) is 7.84. The molecule has 1 amide bonds. The number of ketones is 1. The van der Waals surface area contributed by atoms with Crippen LogP contribution >= 0.6 is 0 Å². The van der Waals surface area contributed by atoms with E-state index in [4.69, 9.17) is 18.9 Å². The smallest absolute Gasteiger partial charge is 0.335 e. The number of carboxylic acid groups (broad SMARTS) is 1. The second-order valence-electron chi connectivity index (χ2n) is 14.1. The first kappa shape index (κ1) is 41.0. The third-order valence-electron chi connectivity index (χ3n) is 10.5. The molecule has 8 N–H and O–H groups in total. The summed E-state index contributed by atoms with van der Waals surface area (Å²) in [5.74, 6) is -3.33. The maximum Gasteiger partial charge on any atom is 0.335 e. The number of para-hydroxylation sites is 1. The number of hydrogen-bond donors (Lipinski definition) is 8. The molecule has 3 aliphatic heterocycles. The summed E-state index contributed by atoms with van der Waals surface area (Å²) in [7, 11) is 0. The van der Waals surface area contributed by atoms with Crippen LogP contribution in [0.4, 0.5) is 10.1 Å². The molecule has 0 saturated carbocycles. The van der Waals surface area contributed by atoms with Gasteiger partial charge in [-0.05, 0) is 59.2 Å². The van der Waals surface area contributed by atoms with Crippen LogP contribution in [0.15, 0.2) is 97.1 Å². The van der Waals surface area contributed by atoms with E-state index >= 15 is 0 Å². The van der Waals surface area contributed by atoms with E-state index in [1.807, 2.05) is 0 Å². The van der Waals surface area contributed by atoms with E-state index in [0.717, 1.165) is 12.1 Å².